The van der Waals surface area contributed by atoms with Crippen molar-refractivity contribution in [1.29, 1.82) is 0 Å². The number of halogens is 1. The van der Waals surface area contributed by atoms with E-state index >= 15 is 0 Å². The lowest BCUT2D eigenvalue weighted by Crippen LogP contribution is -2.16. The average molecular weight is 333 g/mol. The Morgan fingerprint density at radius 3 is 2.50 bits per heavy atom. The molecule has 0 radical (unpaired) electrons. The lowest BCUT2D eigenvalue weighted by atomic mass is 10.3. The first kappa shape index (κ1) is 14.9. The average Bonchev–Trinajstić information content (AvgIpc) is 2.87. The number of rotatable bonds is 2. The van der Waals surface area contributed by atoms with Gasteiger partial charge in [0.15, 0.2) is 0 Å². The predicted molar refractivity (Wildman–Crippen MR) is 90.9 cm³/mol. The van der Waals surface area contributed by atoms with E-state index in [1.165, 1.54) is 4.68 Å². The van der Waals surface area contributed by atoms with Crippen molar-refractivity contribution in [1.82, 2.24) is 9.36 Å². The summed E-state index contributed by atoms with van der Waals surface area (Å²) in [5.41, 5.74) is 2.89. The van der Waals surface area contributed by atoms with Crippen LogP contribution in [-0.4, -0.2) is 9.36 Å². The first-order valence-corrected chi connectivity index (χ1v) is 7.36. The highest BCUT2D eigenvalue weighted by molar-refractivity contribution is 7.80. The molecule has 0 unspecified atom stereocenters. The molecule has 0 saturated carbocycles. The summed E-state index contributed by atoms with van der Waals surface area (Å²) in [5.74, 6) is 0. The third-order valence-electron chi connectivity index (χ3n) is 3.55. The predicted octanol–water partition coefficient (Wildman–Crippen LogP) is 4.36. The normalized spacial score (nSPS) is 14.3. The Morgan fingerprint density at radius 2 is 1.86 bits per heavy atom. The van der Waals surface area contributed by atoms with Gasteiger partial charge in [0.1, 0.15) is 11.4 Å². The van der Waals surface area contributed by atoms with E-state index in [-0.39, 0.29) is 5.56 Å². The topological polar surface area (TPSA) is 51.6 Å². The molecule has 0 saturated heterocycles. The van der Waals surface area contributed by atoms with Crippen LogP contribution in [0.5, 0.6) is 0 Å². The molecule has 1 aromatic carbocycles. The molecule has 0 amide bonds. The van der Waals surface area contributed by atoms with Gasteiger partial charge in [-0.15, -0.1) is 22.9 Å². The Bertz CT molecular complexity index is 920. The minimum atomic E-state index is -0.192. The second kappa shape index (κ2) is 5.30. The smallest absolute Gasteiger partial charge is 0.266 e. The third-order valence-corrected chi connectivity index (χ3v) is 4.39. The van der Waals surface area contributed by atoms with Crippen molar-refractivity contribution in [2.75, 3.05) is 0 Å². The molecule has 3 rings (SSSR count). The summed E-state index contributed by atoms with van der Waals surface area (Å²) in [6.45, 7) is 7.61. The molecular formula is C15H13ClN4OS. The number of allylic oxidation sites excluding steroid dienone is 2. The maximum Gasteiger partial charge on any atom is 0.285 e. The number of hydrogen-bond donors (Lipinski definition) is 1. The van der Waals surface area contributed by atoms with Crippen LogP contribution in [0.15, 0.2) is 56.5 Å². The van der Waals surface area contributed by atoms with E-state index in [0.29, 0.717) is 32.7 Å². The summed E-state index contributed by atoms with van der Waals surface area (Å²) in [6.07, 6.45) is 0. The largest absolute Gasteiger partial charge is 0.285 e. The van der Waals surface area contributed by atoms with Gasteiger partial charge in [-0.25, -0.2) is 9.36 Å². The van der Waals surface area contributed by atoms with E-state index in [9.17, 15) is 4.79 Å². The van der Waals surface area contributed by atoms with Crippen molar-refractivity contribution in [3.8, 4) is 0 Å². The van der Waals surface area contributed by atoms with Gasteiger partial charge in [-0.3, -0.25) is 4.79 Å². The van der Waals surface area contributed by atoms with Crippen LogP contribution >= 0.6 is 24.2 Å². The van der Waals surface area contributed by atoms with E-state index in [1.807, 2.05) is 19.1 Å². The van der Waals surface area contributed by atoms with Gasteiger partial charge in [0.2, 0.25) is 0 Å². The first-order chi connectivity index (χ1) is 10.4. The van der Waals surface area contributed by atoms with Crippen molar-refractivity contribution in [3.05, 3.63) is 57.6 Å². The van der Waals surface area contributed by atoms with Crippen molar-refractivity contribution in [2.45, 2.75) is 18.7 Å². The van der Waals surface area contributed by atoms with Gasteiger partial charge in [-0.2, -0.15) is 0 Å². The zero-order valence-electron chi connectivity index (χ0n) is 12.0. The lowest BCUT2D eigenvalue weighted by Gasteiger charge is -2.04. The molecule has 0 fully saturated rings. The molecule has 0 N–H and O–H groups in total. The molecule has 7 heteroatoms. The molecule has 0 bridgehead atoms. The number of aromatic nitrogens is 2. The lowest BCUT2D eigenvalue weighted by molar-refractivity contribution is 0.760. The van der Waals surface area contributed by atoms with Gasteiger partial charge in [0.25, 0.3) is 5.56 Å². The van der Waals surface area contributed by atoms with Gasteiger partial charge in [0.05, 0.1) is 27.0 Å². The second-order valence-corrected chi connectivity index (χ2v) is 5.75. The molecule has 1 aliphatic heterocycles. The molecule has 1 aromatic heterocycles. The monoisotopic (exact) mass is 332 g/mol. The fourth-order valence-corrected chi connectivity index (χ4v) is 2.76. The van der Waals surface area contributed by atoms with Crippen LogP contribution in [0.4, 0.5) is 5.69 Å². The molecular weight excluding hydrogens is 320 g/mol. The standard InChI is InChI=1S/C15H13ClN4OS/c1-8-13(18-17-12-7-5-4-6-11(12)16)9(2)20-15(21)14(22)10(3)19(8)20/h4-7,22H,1H2,2-3H3. The minimum Gasteiger partial charge on any atom is -0.266 e. The third kappa shape index (κ3) is 2.07. The zero-order chi connectivity index (χ0) is 16.0. The number of azo groups is 1. The number of hydrogen-bond acceptors (Lipinski definition) is 4. The fraction of sp³-hybridized carbons (Fsp3) is 0.133. The molecule has 0 spiro atoms. The molecule has 0 atom stereocenters. The van der Waals surface area contributed by atoms with Crippen LogP contribution in [0, 0.1) is 6.92 Å². The van der Waals surface area contributed by atoms with Gasteiger partial charge < -0.3 is 0 Å². The molecule has 22 heavy (non-hydrogen) atoms. The highest BCUT2D eigenvalue weighted by Gasteiger charge is 2.27. The summed E-state index contributed by atoms with van der Waals surface area (Å²) >= 11 is 10.3. The first-order valence-electron chi connectivity index (χ1n) is 6.54. The Labute approximate surface area is 137 Å². The van der Waals surface area contributed by atoms with Gasteiger partial charge in [-0.05, 0) is 26.0 Å². The van der Waals surface area contributed by atoms with E-state index in [0.717, 1.165) is 5.69 Å². The van der Waals surface area contributed by atoms with Crippen molar-refractivity contribution < 1.29 is 0 Å². The summed E-state index contributed by atoms with van der Waals surface area (Å²) in [4.78, 5) is 12.6. The van der Waals surface area contributed by atoms with Crippen molar-refractivity contribution in [3.63, 3.8) is 0 Å². The number of nitrogens with zero attached hydrogens (tertiary/aromatic N) is 4. The quantitative estimate of drug-likeness (QED) is 0.645. The Hall–Kier alpha value is -2.05. The van der Waals surface area contributed by atoms with Crippen molar-refractivity contribution >= 4 is 41.3 Å². The van der Waals surface area contributed by atoms with Crippen LogP contribution in [-0.2, 0) is 0 Å². The zero-order valence-corrected chi connectivity index (χ0v) is 13.7. The Balaban J connectivity index is 2.08. The van der Waals surface area contributed by atoms with E-state index < -0.39 is 0 Å². The minimum absolute atomic E-state index is 0.192. The van der Waals surface area contributed by atoms with Crippen LogP contribution < -0.4 is 5.56 Å². The fourth-order valence-electron chi connectivity index (χ4n) is 2.40. The molecule has 0 aliphatic carbocycles. The number of fused-ring (bicyclic) bond motifs is 1. The van der Waals surface area contributed by atoms with Gasteiger partial charge >= 0.3 is 0 Å². The van der Waals surface area contributed by atoms with Crippen LogP contribution in [0.25, 0.3) is 11.4 Å². The van der Waals surface area contributed by atoms with Crippen LogP contribution in [0.1, 0.15) is 12.6 Å². The van der Waals surface area contributed by atoms with Crippen LogP contribution in [0.2, 0.25) is 5.02 Å². The number of benzene rings is 1. The maximum absolute atomic E-state index is 12.2. The Morgan fingerprint density at radius 1 is 1.18 bits per heavy atom. The number of thiol groups is 1. The maximum atomic E-state index is 12.2. The summed E-state index contributed by atoms with van der Waals surface area (Å²) in [6, 6.07) is 7.16. The van der Waals surface area contributed by atoms with Gasteiger partial charge in [0, 0.05) is 0 Å². The second-order valence-electron chi connectivity index (χ2n) is 4.89. The summed E-state index contributed by atoms with van der Waals surface area (Å²) in [5, 5.41) is 8.90. The SMILES string of the molecule is C=C1C(N=Nc2ccccc2Cl)=C(C)n2c(=O)c(S)c(C)n21. The van der Waals surface area contributed by atoms with Crippen molar-refractivity contribution in [2.24, 2.45) is 10.2 Å². The van der Waals surface area contributed by atoms with E-state index in [4.69, 9.17) is 11.6 Å². The molecule has 112 valence electrons. The summed E-state index contributed by atoms with van der Waals surface area (Å²) in [7, 11) is 0. The van der Waals surface area contributed by atoms with Crippen LogP contribution in [0.3, 0.4) is 0 Å². The Kier molecular flexibility index (Phi) is 3.58. The van der Waals surface area contributed by atoms with Gasteiger partial charge in [-0.1, -0.05) is 30.3 Å². The molecule has 1 aliphatic rings. The van der Waals surface area contributed by atoms with E-state index in [2.05, 4.69) is 29.4 Å². The molecule has 2 aromatic rings. The molecule has 5 nitrogen and oxygen atoms in total. The molecule has 2 heterocycles. The summed E-state index contributed by atoms with van der Waals surface area (Å²) < 4.78 is 3.20. The van der Waals surface area contributed by atoms with E-state index in [1.54, 1.807) is 23.7 Å². The highest BCUT2D eigenvalue weighted by atomic mass is 35.5. The highest BCUT2D eigenvalue weighted by Crippen LogP contribution is 2.33.